The van der Waals surface area contributed by atoms with Crippen LogP contribution in [0.3, 0.4) is 0 Å². The summed E-state index contributed by atoms with van der Waals surface area (Å²) in [5.74, 6) is -0.579. The van der Waals surface area contributed by atoms with Gasteiger partial charge in [0, 0.05) is 36.6 Å². The minimum Gasteiger partial charge on any atom is -0.477 e. The topological polar surface area (TPSA) is 112 Å². The fraction of sp³-hybridized carbons (Fsp3) is 0.417. The van der Waals surface area contributed by atoms with E-state index in [-0.39, 0.29) is 10.9 Å². The van der Waals surface area contributed by atoms with E-state index in [0.29, 0.717) is 22.6 Å². The van der Waals surface area contributed by atoms with Gasteiger partial charge in [-0.15, -0.1) is 11.3 Å². The number of nitrogen functional groups attached to an aromatic ring is 1. The second-order valence-corrected chi connectivity index (χ2v) is 9.43. The fourth-order valence-corrected chi connectivity index (χ4v) is 5.39. The maximum absolute atomic E-state index is 13.9. The Morgan fingerprint density at radius 2 is 2.09 bits per heavy atom. The molecule has 0 amide bonds. The number of hydrogen-bond donors (Lipinski definition) is 4. The van der Waals surface area contributed by atoms with Crippen LogP contribution in [0.5, 0.6) is 0 Å². The van der Waals surface area contributed by atoms with Gasteiger partial charge in [-0.25, -0.2) is 14.2 Å². The van der Waals surface area contributed by atoms with Crippen molar-refractivity contribution in [3.8, 4) is 0 Å². The smallest absolute Gasteiger partial charge is 0.348 e. The summed E-state index contributed by atoms with van der Waals surface area (Å²) < 4.78 is 13.9. The number of anilines is 2. The number of fused-ring (bicyclic) bond motifs is 1. The van der Waals surface area contributed by atoms with E-state index in [4.69, 9.17) is 10.7 Å². The van der Waals surface area contributed by atoms with Gasteiger partial charge in [0.1, 0.15) is 21.3 Å². The molecular weight excluding hydrogens is 443 g/mol. The first kappa shape index (κ1) is 23.4. The number of carboxylic acid groups (broad SMARTS) is 1. The number of aliphatic hydroxyl groups is 1. The number of pyridine rings is 1. The molecule has 2 aromatic heterocycles. The lowest BCUT2D eigenvalue weighted by atomic mass is 10.0. The third-order valence-corrected chi connectivity index (χ3v) is 7.25. The van der Waals surface area contributed by atoms with Crippen molar-refractivity contribution in [1.29, 1.82) is 0 Å². The van der Waals surface area contributed by atoms with Gasteiger partial charge in [0.25, 0.3) is 0 Å². The zero-order valence-corrected chi connectivity index (χ0v) is 19.4. The van der Waals surface area contributed by atoms with E-state index in [1.807, 2.05) is 6.07 Å². The molecular formula is C24H29FN4O3S. The molecule has 0 aliphatic carbocycles. The highest BCUT2D eigenvalue weighted by atomic mass is 32.1. The van der Waals surface area contributed by atoms with E-state index in [1.165, 1.54) is 6.07 Å². The summed E-state index contributed by atoms with van der Waals surface area (Å²) >= 11 is 1.13. The number of aromatic nitrogens is 1. The summed E-state index contributed by atoms with van der Waals surface area (Å²) in [5, 5.41) is 23.9. The molecule has 1 aliphatic heterocycles. The molecule has 9 heteroatoms. The molecule has 3 aromatic rings. The largest absolute Gasteiger partial charge is 0.477 e. The van der Waals surface area contributed by atoms with Crippen LogP contribution in [-0.2, 0) is 6.42 Å². The molecule has 33 heavy (non-hydrogen) atoms. The number of aliphatic hydroxyl groups excluding tert-OH is 1. The number of piperidine rings is 1. The Morgan fingerprint density at radius 3 is 2.76 bits per heavy atom. The number of nitrogens with two attached hydrogens (primary N) is 1. The number of carboxylic acids is 1. The van der Waals surface area contributed by atoms with Gasteiger partial charge in [-0.05, 0) is 37.0 Å². The Balaban J connectivity index is 1.43. The molecule has 0 radical (unpaired) electrons. The molecule has 1 aromatic carbocycles. The summed E-state index contributed by atoms with van der Waals surface area (Å²) in [5.41, 5.74) is 7.80. The summed E-state index contributed by atoms with van der Waals surface area (Å²) in [6.07, 6.45) is 2.56. The molecule has 3 heterocycles. The summed E-state index contributed by atoms with van der Waals surface area (Å²) in [6.45, 7) is 3.94. The lowest BCUT2D eigenvalue weighted by Gasteiger charge is -2.34. The van der Waals surface area contributed by atoms with E-state index < -0.39 is 17.9 Å². The normalized spacial score (nSPS) is 15.8. The molecule has 1 atom stereocenters. The Hall–Kier alpha value is -2.75. The van der Waals surface area contributed by atoms with Crippen molar-refractivity contribution >= 4 is 39.0 Å². The molecule has 1 unspecified atom stereocenters. The quantitative estimate of drug-likeness (QED) is 0.393. The van der Waals surface area contributed by atoms with Gasteiger partial charge in [-0.2, -0.15) is 0 Å². The number of rotatable bonds is 8. The minimum atomic E-state index is -1.02. The molecule has 4 rings (SSSR count). The fourth-order valence-electron chi connectivity index (χ4n) is 4.42. The SMILES string of the molecule is CCCc1cc(N2CCC(NCC(O)c3ccccc3F)CC2)nc2sc(C(=O)O)c(N)c12. The third kappa shape index (κ3) is 4.95. The monoisotopic (exact) mass is 472 g/mol. The lowest BCUT2D eigenvalue weighted by Crippen LogP contribution is -2.44. The Labute approximate surface area is 196 Å². The Morgan fingerprint density at radius 1 is 1.36 bits per heavy atom. The van der Waals surface area contributed by atoms with Gasteiger partial charge in [-0.1, -0.05) is 31.5 Å². The molecule has 1 aliphatic rings. The zero-order valence-electron chi connectivity index (χ0n) is 18.6. The minimum absolute atomic E-state index is 0.142. The van der Waals surface area contributed by atoms with Crippen LogP contribution in [0.25, 0.3) is 10.2 Å². The number of thiophene rings is 1. The van der Waals surface area contributed by atoms with Gasteiger partial charge in [0.2, 0.25) is 0 Å². The Kier molecular flexibility index (Phi) is 7.11. The van der Waals surface area contributed by atoms with Crippen molar-refractivity contribution in [3.05, 3.63) is 52.2 Å². The lowest BCUT2D eigenvalue weighted by molar-refractivity contribution is 0.0703. The highest BCUT2D eigenvalue weighted by Gasteiger charge is 2.24. The van der Waals surface area contributed by atoms with E-state index in [0.717, 1.165) is 66.9 Å². The second-order valence-electron chi connectivity index (χ2n) is 8.43. The van der Waals surface area contributed by atoms with Gasteiger partial charge in [0.05, 0.1) is 11.8 Å². The van der Waals surface area contributed by atoms with Crippen LogP contribution >= 0.6 is 11.3 Å². The van der Waals surface area contributed by atoms with Gasteiger partial charge >= 0.3 is 5.97 Å². The van der Waals surface area contributed by atoms with Crippen LogP contribution in [0.4, 0.5) is 15.9 Å². The number of aryl methyl sites for hydroxylation is 1. The average Bonchev–Trinajstić information content (AvgIpc) is 3.15. The van der Waals surface area contributed by atoms with Crippen LogP contribution < -0.4 is 16.0 Å². The summed E-state index contributed by atoms with van der Waals surface area (Å²) in [6, 6.07) is 8.55. The molecule has 176 valence electrons. The first-order valence-corrected chi connectivity index (χ1v) is 12.1. The third-order valence-electron chi connectivity index (χ3n) is 6.16. The van der Waals surface area contributed by atoms with Gasteiger partial charge in [0.15, 0.2) is 0 Å². The molecule has 0 bridgehead atoms. The van der Waals surface area contributed by atoms with Crippen LogP contribution in [0.15, 0.2) is 30.3 Å². The van der Waals surface area contributed by atoms with Crippen LogP contribution in [0.2, 0.25) is 0 Å². The number of benzene rings is 1. The van der Waals surface area contributed by atoms with E-state index in [1.54, 1.807) is 18.2 Å². The highest BCUT2D eigenvalue weighted by molar-refractivity contribution is 7.21. The summed E-state index contributed by atoms with van der Waals surface area (Å²) in [4.78, 5) is 19.3. The van der Waals surface area contributed by atoms with Crippen LogP contribution in [-0.4, -0.2) is 46.8 Å². The highest BCUT2D eigenvalue weighted by Crippen LogP contribution is 2.37. The maximum Gasteiger partial charge on any atom is 0.348 e. The average molecular weight is 473 g/mol. The van der Waals surface area contributed by atoms with Crippen LogP contribution in [0.1, 0.15) is 53.1 Å². The van der Waals surface area contributed by atoms with E-state index in [9.17, 15) is 19.4 Å². The number of nitrogens with one attached hydrogen (secondary N) is 1. The molecule has 7 nitrogen and oxygen atoms in total. The summed E-state index contributed by atoms with van der Waals surface area (Å²) in [7, 11) is 0. The van der Waals surface area contributed by atoms with Crippen molar-refractivity contribution in [1.82, 2.24) is 10.3 Å². The molecule has 0 saturated carbocycles. The molecule has 5 N–H and O–H groups in total. The first-order chi connectivity index (χ1) is 15.9. The van der Waals surface area contributed by atoms with Crippen molar-refractivity contribution in [2.24, 2.45) is 0 Å². The number of aromatic carboxylic acids is 1. The van der Waals surface area contributed by atoms with Crippen LogP contribution in [0, 0.1) is 5.82 Å². The van der Waals surface area contributed by atoms with Gasteiger partial charge in [-0.3, -0.25) is 0 Å². The van der Waals surface area contributed by atoms with Crippen molar-refractivity contribution in [3.63, 3.8) is 0 Å². The van der Waals surface area contributed by atoms with Gasteiger partial charge < -0.3 is 26.2 Å². The number of hydrogen-bond acceptors (Lipinski definition) is 7. The first-order valence-electron chi connectivity index (χ1n) is 11.2. The zero-order chi connectivity index (χ0) is 23.5. The van der Waals surface area contributed by atoms with E-state index >= 15 is 0 Å². The predicted octanol–water partition coefficient (Wildman–Crippen LogP) is 3.96. The molecule has 1 fully saturated rings. The standard InChI is InChI=1S/C24H29FN4O3S/c1-2-5-14-12-19(28-23-20(14)21(26)22(33-23)24(31)32)29-10-8-15(9-11-29)27-13-18(30)16-6-3-4-7-17(16)25/h3-4,6-7,12,15,18,27,30H,2,5,8-11,13,26H2,1H3,(H,31,32). The number of halogens is 1. The molecule has 0 spiro atoms. The van der Waals surface area contributed by atoms with E-state index in [2.05, 4.69) is 17.1 Å². The van der Waals surface area contributed by atoms with Crippen molar-refractivity contribution in [2.45, 2.75) is 44.8 Å². The number of carbonyl (C=O) groups is 1. The van der Waals surface area contributed by atoms with Crippen molar-refractivity contribution in [2.75, 3.05) is 30.3 Å². The number of nitrogens with zero attached hydrogens (tertiary/aromatic N) is 2. The predicted molar refractivity (Wildman–Crippen MR) is 130 cm³/mol. The molecule has 1 saturated heterocycles. The Bertz CT molecular complexity index is 1140. The second kappa shape index (κ2) is 10.0. The van der Waals surface area contributed by atoms with Crippen molar-refractivity contribution < 1.29 is 19.4 Å². The maximum atomic E-state index is 13.9.